The van der Waals surface area contributed by atoms with Gasteiger partial charge in [0.25, 0.3) is 0 Å². The van der Waals surface area contributed by atoms with Gasteiger partial charge in [0, 0.05) is 39.4 Å². The number of ether oxygens (including phenoxy) is 2. The van der Waals surface area contributed by atoms with E-state index in [9.17, 15) is 38.5 Å². The lowest BCUT2D eigenvalue weighted by Gasteiger charge is -2.30. The van der Waals surface area contributed by atoms with E-state index in [4.69, 9.17) is 9.47 Å². The van der Waals surface area contributed by atoms with Crippen molar-refractivity contribution >= 4 is 17.8 Å². The summed E-state index contributed by atoms with van der Waals surface area (Å²) in [5.41, 5.74) is -1.94. The Kier molecular flexibility index (Phi) is 20.8. The minimum absolute atomic E-state index is 0.0752. The summed E-state index contributed by atoms with van der Waals surface area (Å²) >= 11 is 0. The monoisotopic (exact) mass is 669 g/mol. The van der Waals surface area contributed by atoms with E-state index in [-0.39, 0.29) is 25.9 Å². The normalized spacial score (nSPS) is 14.4. The van der Waals surface area contributed by atoms with Crippen LogP contribution in [0.4, 0.5) is 8.78 Å². The summed E-state index contributed by atoms with van der Waals surface area (Å²) in [5.74, 6) is -7.54. The van der Waals surface area contributed by atoms with E-state index in [1.165, 1.54) is 13.2 Å². The summed E-state index contributed by atoms with van der Waals surface area (Å²) in [7, 11) is 1.33. The van der Waals surface area contributed by atoms with Crippen molar-refractivity contribution in [3.05, 3.63) is 42.0 Å². The number of methoxy groups -OCH3 is 1. The van der Waals surface area contributed by atoms with Gasteiger partial charge in [-0.15, -0.1) is 0 Å². The van der Waals surface area contributed by atoms with Gasteiger partial charge < -0.3 is 30.1 Å². The molecule has 0 spiro atoms. The number of unbranched alkanes of at least 4 members (excludes halogenated alkanes) is 9. The highest BCUT2D eigenvalue weighted by Gasteiger charge is 2.47. The lowest BCUT2D eigenvalue weighted by atomic mass is 9.83. The van der Waals surface area contributed by atoms with Gasteiger partial charge in [0.2, 0.25) is 11.8 Å². The topological polar surface area (TPSA) is 142 Å². The summed E-state index contributed by atoms with van der Waals surface area (Å²) in [6, 6.07) is 5.43. The maximum absolute atomic E-state index is 14.2. The van der Waals surface area contributed by atoms with E-state index >= 15 is 0 Å². The predicted octanol–water partition coefficient (Wildman–Crippen LogP) is 7.34. The Labute approximate surface area is 279 Å². The minimum Gasteiger partial charge on any atom is -0.494 e. The van der Waals surface area contributed by atoms with Gasteiger partial charge in [-0.05, 0) is 49.8 Å². The number of allylic oxidation sites excluding steroid dienone is 1. The van der Waals surface area contributed by atoms with E-state index in [1.54, 1.807) is 30.3 Å². The Morgan fingerprint density at radius 3 is 2.00 bits per heavy atom. The molecule has 1 aromatic rings. The van der Waals surface area contributed by atoms with Crippen molar-refractivity contribution in [1.29, 1.82) is 0 Å². The molecule has 0 aliphatic carbocycles. The van der Waals surface area contributed by atoms with Crippen LogP contribution >= 0.6 is 0 Å². The number of nitrogens with one attached hydrogen (secondary N) is 1. The molecule has 268 valence electrons. The van der Waals surface area contributed by atoms with E-state index in [0.717, 1.165) is 38.5 Å². The number of aliphatic hydroxyl groups is 1. The molecule has 1 aromatic carbocycles. The van der Waals surface area contributed by atoms with Crippen molar-refractivity contribution in [1.82, 2.24) is 5.32 Å². The second kappa shape index (κ2) is 23.3. The SMILES string of the molecule is CCCCCCCC(F)(F)CCCCCCC=C[C@H](C(=O)N[C@@H](Cc1ccc(OCCCC)cc1)C(=O)O)[C@@](O)(CCOC)C(=O)O. The van der Waals surface area contributed by atoms with Gasteiger partial charge in [-0.3, -0.25) is 4.79 Å². The molecular weight excluding hydrogens is 612 g/mol. The van der Waals surface area contributed by atoms with E-state index in [0.29, 0.717) is 56.4 Å². The summed E-state index contributed by atoms with van der Waals surface area (Å²) < 4.78 is 38.9. The first-order valence-corrected chi connectivity index (χ1v) is 17.1. The molecule has 4 N–H and O–H groups in total. The number of halogens is 2. The third kappa shape index (κ3) is 17.1. The summed E-state index contributed by atoms with van der Waals surface area (Å²) in [5, 5.41) is 33.3. The highest BCUT2D eigenvalue weighted by molar-refractivity contribution is 5.92. The molecule has 0 fully saturated rings. The molecule has 0 aliphatic rings. The molecule has 0 aliphatic heterocycles. The molecule has 3 atom stereocenters. The minimum atomic E-state index is -2.66. The average Bonchev–Trinajstić information content (AvgIpc) is 3.03. The first-order valence-electron chi connectivity index (χ1n) is 17.1. The molecule has 0 saturated carbocycles. The van der Waals surface area contributed by atoms with Gasteiger partial charge in [0.05, 0.1) is 12.5 Å². The molecule has 0 saturated heterocycles. The van der Waals surface area contributed by atoms with Gasteiger partial charge in [0.1, 0.15) is 11.8 Å². The zero-order chi connectivity index (χ0) is 35.1. The second-order valence-corrected chi connectivity index (χ2v) is 12.3. The number of aliphatic carboxylic acids is 2. The third-order valence-electron chi connectivity index (χ3n) is 8.24. The van der Waals surface area contributed by atoms with Gasteiger partial charge in [0.15, 0.2) is 5.60 Å². The van der Waals surface area contributed by atoms with Crippen molar-refractivity contribution in [2.45, 2.75) is 134 Å². The van der Waals surface area contributed by atoms with Gasteiger partial charge in [-0.2, -0.15) is 0 Å². The van der Waals surface area contributed by atoms with Crippen LogP contribution in [-0.4, -0.2) is 71.1 Å². The Morgan fingerprint density at radius 2 is 1.45 bits per heavy atom. The fourth-order valence-electron chi connectivity index (χ4n) is 5.21. The number of carbonyl (C=O) groups excluding carboxylic acids is 1. The highest BCUT2D eigenvalue weighted by atomic mass is 19.3. The Hall–Kier alpha value is -3.05. The van der Waals surface area contributed by atoms with Crippen molar-refractivity contribution in [3.63, 3.8) is 0 Å². The van der Waals surface area contributed by atoms with Crippen LogP contribution in [-0.2, 0) is 25.5 Å². The van der Waals surface area contributed by atoms with Crippen LogP contribution in [0, 0.1) is 5.92 Å². The largest absolute Gasteiger partial charge is 0.494 e. The number of carboxylic acids is 2. The molecule has 0 aromatic heterocycles. The van der Waals surface area contributed by atoms with Crippen molar-refractivity contribution in [3.8, 4) is 5.75 Å². The number of rotatable bonds is 28. The van der Waals surface area contributed by atoms with Crippen molar-refractivity contribution in [2.24, 2.45) is 5.92 Å². The maximum Gasteiger partial charge on any atom is 0.336 e. The number of carbonyl (C=O) groups is 3. The molecule has 0 unspecified atom stereocenters. The van der Waals surface area contributed by atoms with Crippen molar-refractivity contribution < 1.29 is 48.0 Å². The first-order chi connectivity index (χ1) is 22.4. The van der Waals surface area contributed by atoms with Crippen LogP contribution in [0.1, 0.15) is 116 Å². The average molecular weight is 670 g/mol. The lowest BCUT2D eigenvalue weighted by molar-refractivity contribution is -0.168. The fraction of sp³-hybridized carbons (Fsp3) is 0.694. The van der Waals surface area contributed by atoms with Crippen LogP contribution in [0.2, 0.25) is 0 Å². The van der Waals surface area contributed by atoms with Gasteiger partial charge >= 0.3 is 11.9 Å². The van der Waals surface area contributed by atoms with Crippen LogP contribution in [0.5, 0.6) is 5.75 Å². The molecule has 0 heterocycles. The van der Waals surface area contributed by atoms with Crippen LogP contribution in [0.15, 0.2) is 36.4 Å². The Bertz CT molecular complexity index is 1070. The molecule has 9 nitrogen and oxygen atoms in total. The maximum atomic E-state index is 14.2. The number of benzene rings is 1. The van der Waals surface area contributed by atoms with Crippen LogP contribution < -0.4 is 10.1 Å². The van der Waals surface area contributed by atoms with Gasteiger partial charge in [-0.25, -0.2) is 18.4 Å². The highest BCUT2D eigenvalue weighted by Crippen LogP contribution is 2.29. The number of amides is 1. The lowest BCUT2D eigenvalue weighted by Crippen LogP contribution is -2.55. The molecule has 0 radical (unpaired) electrons. The number of alkyl halides is 2. The van der Waals surface area contributed by atoms with Gasteiger partial charge in [-0.1, -0.05) is 83.1 Å². The molecule has 1 amide bonds. The summed E-state index contributed by atoms with van der Waals surface area (Å²) in [6.45, 7) is 4.55. The standard InChI is InChI=1S/C36H57F2NO8/c1-4-6-8-12-15-22-35(37,38)23-16-13-10-9-11-14-17-30(36(45,34(43)44)24-26-46-3)32(40)39-31(33(41)42)27-28-18-20-29(21-19-28)47-25-7-5-2/h14,17-21,30-31,45H,4-13,15-16,22-27H2,1-3H3,(H,39,40)(H,41,42)(H,43,44)/t30-,31+,36+/m1/s1. The molecular formula is C36H57F2NO8. The Morgan fingerprint density at radius 1 is 0.851 bits per heavy atom. The Balaban J connectivity index is 2.82. The van der Waals surface area contributed by atoms with Crippen LogP contribution in [0.25, 0.3) is 0 Å². The smallest absolute Gasteiger partial charge is 0.336 e. The third-order valence-corrected chi connectivity index (χ3v) is 8.24. The molecule has 11 heteroatoms. The quantitative estimate of drug-likeness (QED) is 0.0537. The number of carboxylic acid groups (broad SMARTS) is 2. The zero-order valence-corrected chi connectivity index (χ0v) is 28.5. The molecule has 47 heavy (non-hydrogen) atoms. The number of hydrogen-bond donors (Lipinski definition) is 4. The van der Waals surface area contributed by atoms with Crippen LogP contribution in [0.3, 0.4) is 0 Å². The van der Waals surface area contributed by atoms with E-state index in [1.807, 2.05) is 0 Å². The molecule has 0 bridgehead atoms. The predicted molar refractivity (Wildman–Crippen MR) is 178 cm³/mol. The first kappa shape index (κ1) is 42.0. The molecule has 1 rings (SSSR count). The second-order valence-electron chi connectivity index (χ2n) is 12.3. The zero-order valence-electron chi connectivity index (χ0n) is 28.5. The number of hydrogen-bond acceptors (Lipinski definition) is 6. The van der Waals surface area contributed by atoms with E-state index < -0.39 is 47.7 Å². The fourth-order valence-corrected chi connectivity index (χ4v) is 5.21. The van der Waals surface area contributed by atoms with Crippen molar-refractivity contribution in [2.75, 3.05) is 20.3 Å². The summed E-state index contributed by atoms with van der Waals surface area (Å²) in [4.78, 5) is 37.7. The summed E-state index contributed by atoms with van der Waals surface area (Å²) in [6.07, 6.45) is 11.3. The van der Waals surface area contributed by atoms with E-state index in [2.05, 4.69) is 19.2 Å².